The summed E-state index contributed by atoms with van der Waals surface area (Å²) >= 11 is 8.31. The quantitative estimate of drug-likeness (QED) is 0.746. The number of hydrogen-bond acceptors (Lipinski definition) is 2. The summed E-state index contributed by atoms with van der Waals surface area (Å²) in [6.07, 6.45) is 0.959. The molecule has 0 saturated carbocycles. The zero-order valence-electron chi connectivity index (χ0n) is 10.5. The van der Waals surface area contributed by atoms with Gasteiger partial charge in [-0.2, -0.15) is 0 Å². The monoisotopic (exact) mass is 398 g/mol. The molecule has 0 aromatic heterocycles. The minimum absolute atomic E-state index is 0.136. The molecule has 5 heteroatoms. The van der Waals surface area contributed by atoms with Crippen LogP contribution in [0.25, 0.3) is 0 Å². The Hall–Kier alpha value is -1.27. The zero-order chi connectivity index (χ0) is 14.1. The van der Waals surface area contributed by atoms with Gasteiger partial charge in [0.15, 0.2) is 0 Å². The number of rotatable bonds is 2. The Balaban J connectivity index is 1.82. The second-order valence-corrected chi connectivity index (χ2v) is 6.28. The van der Waals surface area contributed by atoms with E-state index in [4.69, 9.17) is 11.6 Å². The molecule has 0 radical (unpaired) electrons. The zero-order valence-corrected chi connectivity index (χ0v) is 13.5. The van der Waals surface area contributed by atoms with Gasteiger partial charge >= 0.3 is 0 Å². The molecule has 1 heterocycles. The van der Waals surface area contributed by atoms with Crippen molar-refractivity contribution in [2.45, 2.75) is 6.42 Å². The maximum absolute atomic E-state index is 12.3. The van der Waals surface area contributed by atoms with Crippen LogP contribution in [0, 0.1) is 3.57 Å². The van der Waals surface area contributed by atoms with Crippen LogP contribution in [0.4, 0.5) is 11.4 Å². The van der Waals surface area contributed by atoms with E-state index in [1.165, 1.54) is 5.56 Å². The standard InChI is InChI=1S/C15H12ClIN2O/c16-12-8-11(17)2-4-14(12)19-15(20)10-1-3-13-9(7-10)5-6-18-13/h1-4,7-8,18H,5-6H2,(H,19,20). The van der Waals surface area contributed by atoms with Crippen molar-refractivity contribution in [3.63, 3.8) is 0 Å². The second kappa shape index (κ2) is 5.61. The average Bonchev–Trinajstić information content (AvgIpc) is 2.89. The Bertz CT molecular complexity index is 688. The Morgan fingerprint density at radius 1 is 1.25 bits per heavy atom. The highest BCUT2D eigenvalue weighted by atomic mass is 127. The van der Waals surface area contributed by atoms with Crippen LogP contribution in [0.15, 0.2) is 36.4 Å². The highest BCUT2D eigenvalue weighted by molar-refractivity contribution is 14.1. The molecule has 102 valence electrons. The van der Waals surface area contributed by atoms with Gasteiger partial charge in [0.05, 0.1) is 10.7 Å². The molecule has 0 atom stereocenters. The maximum atomic E-state index is 12.3. The molecule has 2 aromatic carbocycles. The molecule has 0 saturated heterocycles. The maximum Gasteiger partial charge on any atom is 0.255 e. The van der Waals surface area contributed by atoms with Gasteiger partial charge in [0.2, 0.25) is 0 Å². The van der Waals surface area contributed by atoms with E-state index in [1.807, 2.05) is 36.4 Å². The molecular formula is C15H12ClIN2O. The van der Waals surface area contributed by atoms with Gasteiger partial charge in [-0.25, -0.2) is 0 Å². The lowest BCUT2D eigenvalue weighted by molar-refractivity contribution is 0.102. The summed E-state index contributed by atoms with van der Waals surface area (Å²) in [7, 11) is 0. The van der Waals surface area contributed by atoms with E-state index in [0.29, 0.717) is 16.3 Å². The van der Waals surface area contributed by atoms with Crippen molar-refractivity contribution in [3.8, 4) is 0 Å². The van der Waals surface area contributed by atoms with Crippen LogP contribution >= 0.6 is 34.2 Å². The number of carbonyl (C=O) groups is 1. The summed E-state index contributed by atoms with van der Waals surface area (Å²) < 4.78 is 1.04. The topological polar surface area (TPSA) is 41.1 Å². The van der Waals surface area contributed by atoms with Gasteiger partial charge in [0.25, 0.3) is 5.91 Å². The fourth-order valence-corrected chi connectivity index (χ4v) is 3.13. The number of nitrogens with one attached hydrogen (secondary N) is 2. The van der Waals surface area contributed by atoms with E-state index < -0.39 is 0 Å². The van der Waals surface area contributed by atoms with Crippen molar-refractivity contribution in [1.82, 2.24) is 0 Å². The second-order valence-electron chi connectivity index (χ2n) is 4.63. The first-order chi connectivity index (χ1) is 9.63. The summed E-state index contributed by atoms with van der Waals surface area (Å²) in [5.74, 6) is -0.136. The Morgan fingerprint density at radius 3 is 2.90 bits per heavy atom. The molecule has 20 heavy (non-hydrogen) atoms. The molecule has 0 aliphatic carbocycles. The fraction of sp³-hybridized carbons (Fsp3) is 0.133. The molecule has 0 fully saturated rings. The molecule has 0 spiro atoms. The molecule has 2 aromatic rings. The van der Waals surface area contributed by atoms with Gasteiger partial charge < -0.3 is 10.6 Å². The minimum atomic E-state index is -0.136. The third kappa shape index (κ3) is 2.76. The predicted molar refractivity (Wildman–Crippen MR) is 90.8 cm³/mol. The lowest BCUT2D eigenvalue weighted by atomic mass is 10.1. The van der Waals surface area contributed by atoms with Crippen molar-refractivity contribution in [2.75, 3.05) is 17.2 Å². The number of halogens is 2. The van der Waals surface area contributed by atoms with E-state index in [1.54, 1.807) is 0 Å². The fourth-order valence-electron chi connectivity index (χ4n) is 2.23. The van der Waals surface area contributed by atoms with Gasteiger partial charge in [0, 0.05) is 21.4 Å². The van der Waals surface area contributed by atoms with Crippen LogP contribution in [0.5, 0.6) is 0 Å². The Kier molecular flexibility index (Phi) is 3.85. The van der Waals surface area contributed by atoms with Crippen LogP contribution in [0.1, 0.15) is 15.9 Å². The number of fused-ring (bicyclic) bond motifs is 1. The summed E-state index contributed by atoms with van der Waals surface area (Å²) in [4.78, 5) is 12.3. The number of carbonyl (C=O) groups excluding carboxylic acids is 1. The van der Waals surface area contributed by atoms with Crippen LogP contribution in [0.3, 0.4) is 0 Å². The minimum Gasteiger partial charge on any atom is -0.384 e. The third-order valence-electron chi connectivity index (χ3n) is 3.26. The van der Waals surface area contributed by atoms with Crippen LogP contribution in [0.2, 0.25) is 5.02 Å². The van der Waals surface area contributed by atoms with Crippen LogP contribution in [-0.4, -0.2) is 12.5 Å². The van der Waals surface area contributed by atoms with Gasteiger partial charge in [0.1, 0.15) is 0 Å². The summed E-state index contributed by atoms with van der Waals surface area (Å²) in [5, 5.41) is 6.68. The van der Waals surface area contributed by atoms with Crippen LogP contribution in [-0.2, 0) is 6.42 Å². The van der Waals surface area contributed by atoms with E-state index >= 15 is 0 Å². The van der Waals surface area contributed by atoms with Crippen molar-refractivity contribution in [1.29, 1.82) is 0 Å². The van der Waals surface area contributed by atoms with Gasteiger partial charge in [-0.05, 0) is 71.0 Å². The highest BCUT2D eigenvalue weighted by Crippen LogP contribution is 2.26. The highest BCUT2D eigenvalue weighted by Gasteiger charge is 2.14. The first-order valence-electron chi connectivity index (χ1n) is 6.27. The van der Waals surface area contributed by atoms with E-state index in [-0.39, 0.29) is 5.91 Å². The number of hydrogen-bond donors (Lipinski definition) is 2. The SMILES string of the molecule is O=C(Nc1ccc(I)cc1Cl)c1ccc2c(c1)CCN2. The number of anilines is 2. The summed E-state index contributed by atoms with van der Waals surface area (Å²) in [6.45, 7) is 0.934. The molecule has 1 amide bonds. The first-order valence-corrected chi connectivity index (χ1v) is 7.72. The predicted octanol–water partition coefficient (Wildman–Crippen LogP) is 4.16. The molecule has 3 nitrogen and oxygen atoms in total. The normalized spacial score (nSPS) is 12.7. The molecular weight excluding hydrogens is 387 g/mol. The molecule has 1 aliphatic rings. The molecule has 0 unspecified atom stereocenters. The summed E-state index contributed by atoms with van der Waals surface area (Å²) in [6, 6.07) is 11.3. The molecule has 3 rings (SSSR count). The molecule has 0 bridgehead atoms. The van der Waals surface area contributed by atoms with Crippen molar-refractivity contribution in [3.05, 3.63) is 56.1 Å². The van der Waals surface area contributed by atoms with Gasteiger partial charge in [-0.1, -0.05) is 11.6 Å². The lowest BCUT2D eigenvalue weighted by Gasteiger charge is -2.08. The van der Waals surface area contributed by atoms with Gasteiger partial charge in [-0.3, -0.25) is 4.79 Å². The van der Waals surface area contributed by atoms with Crippen molar-refractivity contribution < 1.29 is 4.79 Å². The number of amides is 1. The summed E-state index contributed by atoms with van der Waals surface area (Å²) in [5.41, 5.74) is 3.60. The van der Waals surface area contributed by atoms with Crippen molar-refractivity contribution >= 4 is 51.5 Å². The molecule has 1 aliphatic heterocycles. The van der Waals surface area contributed by atoms with Gasteiger partial charge in [-0.15, -0.1) is 0 Å². The Morgan fingerprint density at radius 2 is 2.10 bits per heavy atom. The smallest absolute Gasteiger partial charge is 0.255 e. The van der Waals surface area contributed by atoms with E-state index in [9.17, 15) is 4.79 Å². The van der Waals surface area contributed by atoms with E-state index in [0.717, 1.165) is 22.2 Å². The van der Waals surface area contributed by atoms with Crippen LogP contribution < -0.4 is 10.6 Å². The number of benzene rings is 2. The Labute approximate surface area is 135 Å². The lowest BCUT2D eigenvalue weighted by Crippen LogP contribution is -2.12. The van der Waals surface area contributed by atoms with Crippen molar-refractivity contribution in [2.24, 2.45) is 0 Å². The average molecular weight is 399 g/mol. The largest absolute Gasteiger partial charge is 0.384 e. The first kappa shape index (κ1) is 13.7. The third-order valence-corrected chi connectivity index (χ3v) is 4.24. The molecule has 2 N–H and O–H groups in total. The van der Waals surface area contributed by atoms with E-state index in [2.05, 4.69) is 33.2 Å².